The molecule has 5 aliphatic rings. The molecule has 2 saturated carbocycles. The fourth-order valence-corrected chi connectivity index (χ4v) is 6.07. The highest BCUT2D eigenvalue weighted by Gasteiger charge is 2.93. The molecule has 3 aliphatic heterocycles. The zero-order valence-electron chi connectivity index (χ0n) is 16.2. The van der Waals surface area contributed by atoms with Crippen LogP contribution in [0.5, 0.6) is 0 Å². The van der Waals surface area contributed by atoms with Gasteiger partial charge in [0.05, 0.1) is 17.4 Å². The molecule has 0 aromatic rings. The minimum absolute atomic E-state index is 0.0754. The van der Waals surface area contributed by atoms with Crippen molar-refractivity contribution in [3.63, 3.8) is 0 Å². The summed E-state index contributed by atoms with van der Waals surface area (Å²) in [6, 6.07) is 0. The van der Waals surface area contributed by atoms with E-state index in [9.17, 15) is 14.7 Å². The number of allylic oxidation sites excluding steroid dienone is 1. The van der Waals surface area contributed by atoms with Gasteiger partial charge in [-0.2, -0.15) is 0 Å². The minimum Gasteiger partial charge on any atom is -0.461 e. The van der Waals surface area contributed by atoms with Crippen molar-refractivity contribution in [2.75, 3.05) is 0 Å². The van der Waals surface area contributed by atoms with Crippen molar-refractivity contribution < 1.29 is 33.6 Å². The predicted molar refractivity (Wildman–Crippen MR) is 91.5 cm³/mol. The Morgan fingerprint density at radius 1 is 1.30 bits per heavy atom. The highest BCUT2D eigenvalue weighted by atomic mass is 16.7. The van der Waals surface area contributed by atoms with E-state index in [-0.39, 0.29) is 36.4 Å². The van der Waals surface area contributed by atoms with Crippen molar-refractivity contribution in [1.82, 2.24) is 0 Å². The maximum atomic E-state index is 12.5. The minimum atomic E-state index is -1.21. The Kier molecular flexibility index (Phi) is 3.22. The molecule has 7 nitrogen and oxygen atoms in total. The zero-order chi connectivity index (χ0) is 19.5. The van der Waals surface area contributed by atoms with E-state index in [1.54, 1.807) is 33.8 Å². The van der Waals surface area contributed by atoms with Gasteiger partial charge in [-0.25, -0.2) is 4.79 Å². The lowest BCUT2D eigenvalue weighted by Gasteiger charge is -2.36. The molecule has 0 radical (unpaired) electrons. The van der Waals surface area contributed by atoms with Gasteiger partial charge >= 0.3 is 11.9 Å². The molecule has 0 bridgehead atoms. The fourth-order valence-electron chi connectivity index (χ4n) is 6.07. The van der Waals surface area contributed by atoms with Crippen molar-refractivity contribution in [2.45, 2.75) is 82.3 Å². The number of rotatable bonds is 2. The highest BCUT2D eigenvalue weighted by Crippen LogP contribution is 2.75. The number of carbonyl (C=O) groups is 2. The first-order valence-corrected chi connectivity index (χ1v) is 9.71. The molecule has 2 aliphatic carbocycles. The van der Waals surface area contributed by atoms with Crippen LogP contribution in [0, 0.1) is 17.8 Å². The van der Waals surface area contributed by atoms with Crippen LogP contribution < -0.4 is 0 Å². The normalized spacial score (nSPS) is 57.6. The number of esters is 2. The Morgan fingerprint density at radius 3 is 2.67 bits per heavy atom. The first-order chi connectivity index (χ1) is 12.6. The first-order valence-electron chi connectivity index (χ1n) is 9.71. The molecule has 148 valence electrons. The van der Waals surface area contributed by atoms with Gasteiger partial charge in [0, 0.05) is 17.9 Å². The van der Waals surface area contributed by atoms with E-state index in [1.807, 2.05) is 6.92 Å². The van der Waals surface area contributed by atoms with E-state index < -0.39 is 40.9 Å². The number of hydrogen-bond acceptors (Lipinski definition) is 7. The van der Waals surface area contributed by atoms with Gasteiger partial charge in [0.1, 0.15) is 35.6 Å². The quantitative estimate of drug-likeness (QED) is 0.437. The van der Waals surface area contributed by atoms with Crippen LogP contribution in [0.2, 0.25) is 0 Å². The summed E-state index contributed by atoms with van der Waals surface area (Å²) in [5.41, 5.74) is -2.01. The van der Waals surface area contributed by atoms with Gasteiger partial charge in [-0.1, -0.05) is 13.0 Å². The van der Waals surface area contributed by atoms with E-state index in [2.05, 4.69) is 0 Å². The summed E-state index contributed by atoms with van der Waals surface area (Å²) in [6.07, 6.45) is 0.462. The third-order valence-corrected chi connectivity index (χ3v) is 7.72. The lowest BCUT2D eigenvalue weighted by molar-refractivity contribution is -0.154. The summed E-state index contributed by atoms with van der Waals surface area (Å²) in [5.74, 6) is -1.78. The molecular weight excluding hydrogens is 352 g/mol. The summed E-state index contributed by atoms with van der Waals surface area (Å²) < 4.78 is 23.6. The van der Waals surface area contributed by atoms with Crippen LogP contribution >= 0.6 is 0 Å². The van der Waals surface area contributed by atoms with Gasteiger partial charge in [-0.3, -0.25) is 4.79 Å². The third kappa shape index (κ3) is 1.93. The molecule has 3 heterocycles. The Hall–Kier alpha value is -1.44. The van der Waals surface area contributed by atoms with E-state index in [1.165, 1.54) is 0 Å². The molecule has 0 aromatic carbocycles. The van der Waals surface area contributed by atoms with Crippen molar-refractivity contribution in [2.24, 2.45) is 17.8 Å². The van der Waals surface area contributed by atoms with E-state index in [0.29, 0.717) is 5.57 Å². The Labute approximate surface area is 158 Å². The number of epoxide rings is 2. The number of aliphatic hydroxyl groups is 1. The molecule has 1 spiro atoms. The predicted octanol–water partition coefficient (Wildman–Crippen LogP) is 1.12. The van der Waals surface area contributed by atoms with Crippen LogP contribution in [0.25, 0.3) is 0 Å². The van der Waals surface area contributed by atoms with Crippen LogP contribution in [0.3, 0.4) is 0 Å². The molecule has 0 aromatic heterocycles. The molecule has 0 amide bonds. The summed E-state index contributed by atoms with van der Waals surface area (Å²) in [4.78, 5) is 24.9. The van der Waals surface area contributed by atoms with Gasteiger partial charge < -0.3 is 24.1 Å². The third-order valence-electron chi connectivity index (χ3n) is 7.72. The fraction of sp³-hybridized carbons (Fsp3) is 0.800. The monoisotopic (exact) mass is 378 g/mol. The topological polar surface area (TPSA) is 97.9 Å². The average molecular weight is 378 g/mol. The molecule has 0 unspecified atom stereocenters. The maximum Gasteiger partial charge on any atom is 0.333 e. The molecule has 7 heteroatoms. The van der Waals surface area contributed by atoms with E-state index in [0.717, 1.165) is 0 Å². The Bertz CT molecular complexity index is 772. The molecule has 3 saturated heterocycles. The van der Waals surface area contributed by atoms with Crippen LogP contribution in [0.4, 0.5) is 0 Å². The average Bonchev–Trinajstić information content (AvgIpc) is 3.45. The Morgan fingerprint density at radius 2 is 2.00 bits per heavy atom. The standard InChI is InChI=1S/C20H26O7/c1-6-8(2)16(21)24-10-7-18(4,23)20-13(12-11(10)9(3)17(22)25-12)19(5)14(26-19)15(20)27-20/h6,9-15,23H,7H2,1-5H3/b8-6-/t9-,10-,11+,12-,13-,14-,15+,18+,19+,20-/m0/s1. The number of fused-ring (bicyclic) bond motifs is 5. The molecule has 1 N–H and O–H groups in total. The molecule has 5 rings (SSSR count). The van der Waals surface area contributed by atoms with Crippen molar-refractivity contribution in [3.05, 3.63) is 11.6 Å². The largest absolute Gasteiger partial charge is 0.461 e. The second-order valence-electron chi connectivity index (χ2n) is 9.19. The maximum absolute atomic E-state index is 12.5. The first kappa shape index (κ1) is 17.6. The Balaban J connectivity index is 1.57. The van der Waals surface area contributed by atoms with Crippen LogP contribution in [-0.2, 0) is 28.5 Å². The number of ether oxygens (including phenoxy) is 4. The van der Waals surface area contributed by atoms with Crippen molar-refractivity contribution in [1.29, 1.82) is 0 Å². The second kappa shape index (κ2) is 4.93. The second-order valence-corrected chi connectivity index (χ2v) is 9.19. The van der Waals surface area contributed by atoms with E-state index >= 15 is 0 Å². The SMILES string of the molecule is C/C=C(/C)C(=O)O[C@H]1C[C@@](C)(O)[C@@]23O[C@@H]2[C@@H]2O[C@]2(C)[C@@H]3[C@H]2OC(=O)[C@@H](C)[C@@H]21. The molecule has 27 heavy (non-hydrogen) atoms. The van der Waals surface area contributed by atoms with Crippen LogP contribution in [0.1, 0.15) is 41.0 Å². The molecular formula is C20H26O7. The zero-order valence-corrected chi connectivity index (χ0v) is 16.2. The summed E-state index contributed by atoms with van der Waals surface area (Å²) in [5, 5.41) is 11.4. The van der Waals surface area contributed by atoms with Gasteiger partial charge in [0.2, 0.25) is 0 Å². The summed E-state index contributed by atoms with van der Waals surface area (Å²) in [6.45, 7) is 9.00. The smallest absolute Gasteiger partial charge is 0.333 e. The van der Waals surface area contributed by atoms with Crippen molar-refractivity contribution in [3.8, 4) is 0 Å². The van der Waals surface area contributed by atoms with Crippen LogP contribution in [0.15, 0.2) is 11.6 Å². The molecule has 5 fully saturated rings. The molecule has 10 atom stereocenters. The van der Waals surface area contributed by atoms with Crippen molar-refractivity contribution >= 4 is 11.9 Å². The van der Waals surface area contributed by atoms with Gasteiger partial charge in [0.15, 0.2) is 0 Å². The lowest BCUT2D eigenvalue weighted by Crippen LogP contribution is -2.53. The van der Waals surface area contributed by atoms with Gasteiger partial charge in [0.25, 0.3) is 0 Å². The number of carbonyl (C=O) groups excluding carboxylic acids is 2. The lowest BCUT2D eigenvalue weighted by atomic mass is 9.73. The van der Waals surface area contributed by atoms with Crippen LogP contribution in [-0.4, -0.2) is 58.3 Å². The highest BCUT2D eigenvalue weighted by molar-refractivity contribution is 5.87. The van der Waals surface area contributed by atoms with Gasteiger partial charge in [-0.05, 0) is 27.7 Å². The van der Waals surface area contributed by atoms with E-state index in [4.69, 9.17) is 18.9 Å². The summed E-state index contributed by atoms with van der Waals surface area (Å²) in [7, 11) is 0. The number of hydrogen-bond donors (Lipinski definition) is 1. The van der Waals surface area contributed by atoms with Gasteiger partial charge in [-0.15, -0.1) is 0 Å². The summed E-state index contributed by atoms with van der Waals surface area (Å²) >= 11 is 0.